The first-order valence-corrected chi connectivity index (χ1v) is 9.53. The Labute approximate surface area is 116 Å². The number of aliphatic hydroxyl groups excluding tert-OH is 1. The second kappa shape index (κ2) is 6.99. The van der Waals surface area contributed by atoms with Crippen LogP contribution in [0.4, 0.5) is 0 Å². The van der Waals surface area contributed by atoms with E-state index in [9.17, 15) is 5.11 Å². The van der Waals surface area contributed by atoms with E-state index in [0.717, 1.165) is 23.7 Å². The minimum absolute atomic E-state index is 0.637. The van der Waals surface area contributed by atoms with Crippen LogP contribution >= 0.6 is 11.6 Å². The van der Waals surface area contributed by atoms with Crippen molar-refractivity contribution in [1.29, 1.82) is 0 Å². The Morgan fingerprint density at radius 2 is 1.83 bits per heavy atom. The molecule has 1 N–H and O–H groups in total. The van der Waals surface area contributed by atoms with Crippen LogP contribution < -0.4 is 0 Å². The highest BCUT2D eigenvalue weighted by Crippen LogP contribution is 2.21. The molecule has 1 rings (SSSR count). The van der Waals surface area contributed by atoms with Gasteiger partial charge in [0.25, 0.3) is 0 Å². The Morgan fingerprint density at radius 3 is 2.33 bits per heavy atom. The lowest BCUT2D eigenvalue weighted by Gasteiger charge is -2.20. The molecule has 1 aromatic rings. The zero-order valence-electron chi connectivity index (χ0n) is 11.3. The van der Waals surface area contributed by atoms with Gasteiger partial charge in [0.15, 0.2) is 0 Å². The van der Waals surface area contributed by atoms with Crippen molar-refractivity contribution in [2.75, 3.05) is 0 Å². The minimum Gasteiger partial charge on any atom is -0.376 e. The third-order valence-corrected chi connectivity index (χ3v) is 8.64. The second-order valence-electron chi connectivity index (χ2n) is 4.57. The predicted octanol–water partition coefficient (Wildman–Crippen LogP) is 4.42. The topological polar surface area (TPSA) is 20.2 Å². The first kappa shape index (κ1) is 15.3. The van der Waals surface area contributed by atoms with Crippen LogP contribution in [-0.2, 0) is 0 Å². The molecule has 0 aliphatic carbocycles. The second-order valence-corrected chi connectivity index (χ2v) is 9.94. The summed E-state index contributed by atoms with van der Waals surface area (Å²) in [6.45, 7) is 6.62. The van der Waals surface area contributed by atoms with Crippen LogP contribution in [0.15, 0.2) is 24.3 Å². The van der Waals surface area contributed by atoms with Crippen molar-refractivity contribution in [3.63, 3.8) is 0 Å². The normalized spacial score (nSPS) is 12.7. The number of benzene rings is 1. The van der Waals surface area contributed by atoms with Gasteiger partial charge in [0.2, 0.25) is 0 Å². The van der Waals surface area contributed by atoms with E-state index in [-0.39, 0.29) is 0 Å². The van der Waals surface area contributed by atoms with E-state index in [1.165, 1.54) is 0 Å². The van der Waals surface area contributed by atoms with Crippen molar-refractivity contribution in [2.45, 2.75) is 45.0 Å². The average molecular weight is 281 g/mol. The standard InChI is InChI=1S/C15H21ClOSi/c1-4-18(5-2,6-3)11-10-15(17)13-8-7-9-14(16)12-13/h7-9,12,15,17H,4-6H2,1-3H3. The quantitative estimate of drug-likeness (QED) is 0.639. The molecule has 0 saturated heterocycles. The first-order valence-electron chi connectivity index (χ1n) is 6.53. The van der Waals surface area contributed by atoms with Crippen LogP contribution in [0.25, 0.3) is 0 Å². The summed E-state index contributed by atoms with van der Waals surface area (Å²) in [6.07, 6.45) is -0.722. The van der Waals surface area contributed by atoms with E-state index < -0.39 is 14.2 Å². The van der Waals surface area contributed by atoms with Gasteiger partial charge in [-0.15, -0.1) is 5.54 Å². The smallest absolute Gasteiger partial charge is 0.139 e. The van der Waals surface area contributed by atoms with Gasteiger partial charge in [0.1, 0.15) is 14.2 Å². The molecule has 1 nitrogen and oxygen atoms in total. The van der Waals surface area contributed by atoms with Crippen LogP contribution in [0.5, 0.6) is 0 Å². The van der Waals surface area contributed by atoms with E-state index in [2.05, 4.69) is 32.2 Å². The summed E-state index contributed by atoms with van der Waals surface area (Å²) in [5.41, 5.74) is 4.17. The fraction of sp³-hybridized carbons (Fsp3) is 0.467. The van der Waals surface area contributed by atoms with Crippen molar-refractivity contribution >= 4 is 19.7 Å². The number of aliphatic hydroxyl groups is 1. The average Bonchev–Trinajstić information content (AvgIpc) is 2.40. The molecule has 0 spiro atoms. The first-order chi connectivity index (χ1) is 8.56. The van der Waals surface area contributed by atoms with Crippen LogP contribution in [0.3, 0.4) is 0 Å². The van der Waals surface area contributed by atoms with Gasteiger partial charge in [0, 0.05) is 5.02 Å². The minimum atomic E-state index is -1.48. The fourth-order valence-electron chi connectivity index (χ4n) is 2.00. The Balaban J connectivity index is 2.91. The van der Waals surface area contributed by atoms with Crippen LogP contribution in [0.2, 0.25) is 23.2 Å². The molecule has 0 heterocycles. The van der Waals surface area contributed by atoms with Gasteiger partial charge in [-0.05, 0) is 35.8 Å². The van der Waals surface area contributed by atoms with Gasteiger partial charge < -0.3 is 5.11 Å². The Kier molecular flexibility index (Phi) is 5.94. The highest BCUT2D eigenvalue weighted by molar-refractivity contribution is 6.87. The summed E-state index contributed by atoms with van der Waals surface area (Å²) in [7, 11) is -1.48. The summed E-state index contributed by atoms with van der Waals surface area (Å²) >= 11 is 5.91. The van der Waals surface area contributed by atoms with E-state index >= 15 is 0 Å². The molecule has 0 radical (unpaired) electrons. The molecule has 1 atom stereocenters. The molecule has 0 aliphatic rings. The van der Waals surface area contributed by atoms with E-state index in [1.807, 2.05) is 12.1 Å². The molecule has 1 aromatic carbocycles. The molecule has 0 aliphatic heterocycles. The maximum absolute atomic E-state index is 10.1. The number of halogens is 1. The molecular weight excluding hydrogens is 260 g/mol. The SMILES string of the molecule is CC[Si](C#CC(O)c1cccc(Cl)c1)(CC)CC. The lowest BCUT2D eigenvalue weighted by Crippen LogP contribution is -2.29. The van der Waals surface area contributed by atoms with Crippen LogP contribution in [0.1, 0.15) is 32.4 Å². The van der Waals surface area contributed by atoms with Crippen molar-refractivity contribution in [3.8, 4) is 11.5 Å². The predicted molar refractivity (Wildman–Crippen MR) is 81.4 cm³/mol. The summed E-state index contributed by atoms with van der Waals surface area (Å²) in [5.74, 6) is 3.03. The van der Waals surface area contributed by atoms with Gasteiger partial charge in [-0.2, -0.15) is 0 Å². The van der Waals surface area contributed by atoms with Crippen molar-refractivity contribution in [3.05, 3.63) is 34.9 Å². The zero-order valence-corrected chi connectivity index (χ0v) is 13.1. The van der Waals surface area contributed by atoms with Crippen molar-refractivity contribution in [1.82, 2.24) is 0 Å². The Morgan fingerprint density at radius 1 is 1.22 bits per heavy atom. The molecule has 98 valence electrons. The molecule has 18 heavy (non-hydrogen) atoms. The Bertz CT molecular complexity index is 435. The maximum Gasteiger partial charge on any atom is 0.139 e. The molecule has 0 aromatic heterocycles. The van der Waals surface area contributed by atoms with Crippen LogP contribution in [-0.4, -0.2) is 13.2 Å². The highest BCUT2D eigenvalue weighted by Gasteiger charge is 2.24. The summed E-state index contributed by atoms with van der Waals surface area (Å²) in [4.78, 5) is 0. The molecule has 0 fully saturated rings. The van der Waals surface area contributed by atoms with Crippen LogP contribution in [0, 0.1) is 11.5 Å². The number of rotatable bonds is 4. The Hall–Kier alpha value is -0.753. The maximum atomic E-state index is 10.1. The fourth-order valence-corrected chi connectivity index (χ4v) is 4.67. The molecule has 3 heteroatoms. The van der Waals surface area contributed by atoms with Crippen molar-refractivity contribution < 1.29 is 5.11 Å². The summed E-state index contributed by atoms with van der Waals surface area (Å²) in [6, 6.07) is 10.7. The van der Waals surface area contributed by atoms with Gasteiger partial charge in [-0.3, -0.25) is 0 Å². The molecule has 0 saturated carbocycles. The van der Waals surface area contributed by atoms with Gasteiger partial charge in [-0.25, -0.2) is 0 Å². The number of hydrogen-bond acceptors (Lipinski definition) is 1. The molecule has 1 unspecified atom stereocenters. The molecule has 0 amide bonds. The lowest BCUT2D eigenvalue weighted by molar-refractivity contribution is 0.238. The van der Waals surface area contributed by atoms with Gasteiger partial charge in [0.05, 0.1) is 0 Å². The van der Waals surface area contributed by atoms with E-state index in [1.54, 1.807) is 12.1 Å². The van der Waals surface area contributed by atoms with Crippen molar-refractivity contribution in [2.24, 2.45) is 0 Å². The van der Waals surface area contributed by atoms with Gasteiger partial charge >= 0.3 is 0 Å². The van der Waals surface area contributed by atoms with Gasteiger partial charge in [-0.1, -0.05) is 50.4 Å². The summed E-state index contributed by atoms with van der Waals surface area (Å²) in [5, 5.41) is 10.7. The lowest BCUT2D eigenvalue weighted by atomic mass is 10.1. The molecule has 0 bridgehead atoms. The largest absolute Gasteiger partial charge is 0.376 e. The third-order valence-electron chi connectivity index (χ3n) is 3.67. The summed E-state index contributed by atoms with van der Waals surface area (Å²) < 4.78 is 0. The van der Waals surface area contributed by atoms with E-state index in [0.29, 0.717) is 5.02 Å². The molecular formula is C15H21ClOSi. The monoisotopic (exact) mass is 280 g/mol. The zero-order chi connectivity index (χ0) is 13.6. The third kappa shape index (κ3) is 3.88. The van der Waals surface area contributed by atoms with E-state index in [4.69, 9.17) is 11.6 Å². The number of hydrogen-bond donors (Lipinski definition) is 1. The highest BCUT2D eigenvalue weighted by atomic mass is 35.5.